The van der Waals surface area contributed by atoms with Gasteiger partial charge in [-0.25, -0.2) is 0 Å². The maximum absolute atomic E-state index is 12.5. The summed E-state index contributed by atoms with van der Waals surface area (Å²) in [5.41, 5.74) is 5.67. The fraction of sp³-hybridized carbons (Fsp3) is 0.192. The highest BCUT2D eigenvalue weighted by Gasteiger charge is 2.19. The zero-order valence-electron chi connectivity index (χ0n) is 17.3. The molecule has 1 aromatic heterocycles. The van der Waals surface area contributed by atoms with E-state index in [2.05, 4.69) is 40.6 Å². The Morgan fingerprint density at radius 3 is 2.43 bits per heavy atom. The topological polar surface area (TPSA) is 54.1 Å². The van der Waals surface area contributed by atoms with Gasteiger partial charge in [0.2, 0.25) is 0 Å². The molecule has 2 N–H and O–H groups in total. The first-order valence-corrected chi connectivity index (χ1v) is 10.2. The van der Waals surface area contributed by atoms with Crippen LogP contribution in [0.25, 0.3) is 10.9 Å². The van der Waals surface area contributed by atoms with Crippen molar-refractivity contribution in [2.45, 2.75) is 19.8 Å². The number of nitrogens with one attached hydrogen (secondary N) is 2. The van der Waals surface area contributed by atoms with Gasteiger partial charge in [-0.2, -0.15) is 0 Å². The third-order valence-corrected chi connectivity index (χ3v) is 5.27. The highest BCUT2D eigenvalue weighted by molar-refractivity contribution is 5.84. The normalized spacial score (nSPS) is 11.9. The van der Waals surface area contributed by atoms with E-state index in [-0.39, 0.29) is 18.4 Å². The Hall–Kier alpha value is -3.53. The number of aryl methyl sites for hydroxylation is 2. The number of ether oxygens (including phenoxy) is 1. The van der Waals surface area contributed by atoms with Crippen molar-refractivity contribution in [3.05, 3.63) is 101 Å². The van der Waals surface area contributed by atoms with Crippen molar-refractivity contribution in [1.82, 2.24) is 10.3 Å². The Morgan fingerprint density at radius 2 is 1.67 bits per heavy atom. The monoisotopic (exact) mass is 398 g/mol. The minimum absolute atomic E-state index is 0.00170. The minimum Gasteiger partial charge on any atom is -0.484 e. The Morgan fingerprint density at radius 1 is 0.967 bits per heavy atom. The maximum Gasteiger partial charge on any atom is 0.257 e. The van der Waals surface area contributed by atoms with Crippen molar-refractivity contribution in [3.8, 4) is 5.75 Å². The molecule has 4 nitrogen and oxygen atoms in total. The lowest BCUT2D eigenvalue weighted by Crippen LogP contribution is -2.32. The molecule has 0 aliphatic heterocycles. The summed E-state index contributed by atoms with van der Waals surface area (Å²) in [6.07, 6.45) is 2.04. The van der Waals surface area contributed by atoms with Crippen LogP contribution in [0.3, 0.4) is 0 Å². The number of benzene rings is 3. The van der Waals surface area contributed by atoms with Crippen molar-refractivity contribution in [2.24, 2.45) is 0 Å². The lowest BCUT2D eigenvalue weighted by Gasteiger charge is -2.18. The predicted octanol–water partition coefficient (Wildman–Crippen LogP) is 5.11. The van der Waals surface area contributed by atoms with Crippen LogP contribution >= 0.6 is 0 Å². The fourth-order valence-electron chi connectivity index (χ4n) is 3.91. The number of fused-ring (bicyclic) bond motifs is 1. The molecule has 0 aliphatic carbocycles. The van der Waals surface area contributed by atoms with Gasteiger partial charge in [-0.15, -0.1) is 0 Å². The number of hydrogen-bond acceptors (Lipinski definition) is 2. The molecule has 3 aromatic carbocycles. The standard InChI is InChI=1S/C26H26N2O2/c1-18-12-19(2)14-21(13-18)30-17-26(29)28-15-23(20-8-4-3-5-9-20)24-16-27-25-11-7-6-10-22(24)25/h3-14,16,23,27H,15,17H2,1-2H3,(H,28,29)/t23-/m1/s1. The Bertz CT molecular complexity index is 1130. The summed E-state index contributed by atoms with van der Waals surface area (Å²) in [5.74, 6) is 0.640. The van der Waals surface area contributed by atoms with Crippen molar-refractivity contribution in [1.29, 1.82) is 0 Å². The molecule has 4 aromatic rings. The summed E-state index contributed by atoms with van der Waals surface area (Å²) in [4.78, 5) is 15.9. The van der Waals surface area contributed by atoms with E-state index in [1.165, 1.54) is 10.9 Å². The Balaban J connectivity index is 1.48. The van der Waals surface area contributed by atoms with Gasteiger partial charge in [0.25, 0.3) is 5.91 Å². The molecule has 4 heteroatoms. The first-order chi connectivity index (χ1) is 14.6. The number of para-hydroxylation sites is 1. The molecule has 0 fully saturated rings. The van der Waals surface area contributed by atoms with Gasteiger partial charge in [0.05, 0.1) is 0 Å². The molecule has 0 bridgehead atoms. The van der Waals surface area contributed by atoms with Crippen LogP contribution < -0.4 is 10.1 Å². The van der Waals surface area contributed by atoms with Crippen molar-refractivity contribution < 1.29 is 9.53 Å². The third-order valence-electron chi connectivity index (χ3n) is 5.27. The molecule has 0 saturated carbocycles. The highest BCUT2D eigenvalue weighted by atomic mass is 16.5. The maximum atomic E-state index is 12.5. The first-order valence-electron chi connectivity index (χ1n) is 10.2. The number of H-pyrrole nitrogens is 1. The minimum atomic E-state index is -0.130. The second kappa shape index (κ2) is 8.87. The largest absolute Gasteiger partial charge is 0.484 e. The number of amides is 1. The zero-order valence-corrected chi connectivity index (χ0v) is 17.3. The van der Waals surface area contributed by atoms with Crippen LogP contribution in [0, 0.1) is 13.8 Å². The van der Waals surface area contributed by atoms with Crippen LogP contribution in [0.15, 0.2) is 79.0 Å². The number of carbonyl (C=O) groups excluding carboxylic acids is 1. The zero-order chi connectivity index (χ0) is 20.9. The molecule has 152 valence electrons. The van der Waals surface area contributed by atoms with Crippen LogP contribution in [0.2, 0.25) is 0 Å². The summed E-state index contributed by atoms with van der Waals surface area (Å²) >= 11 is 0. The quantitative estimate of drug-likeness (QED) is 0.454. The molecule has 0 spiro atoms. The van der Waals surface area contributed by atoms with Gasteiger partial charge in [0, 0.05) is 29.6 Å². The summed E-state index contributed by atoms with van der Waals surface area (Å²) in [6.45, 7) is 4.54. The van der Waals surface area contributed by atoms with Crippen LogP contribution in [-0.2, 0) is 4.79 Å². The van der Waals surface area contributed by atoms with Gasteiger partial charge < -0.3 is 15.0 Å². The third kappa shape index (κ3) is 4.54. The molecule has 0 aliphatic rings. The van der Waals surface area contributed by atoms with E-state index in [4.69, 9.17) is 4.74 Å². The molecule has 1 atom stereocenters. The number of carbonyl (C=O) groups is 1. The second-order valence-corrected chi connectivity index (χ2v) is 7.67. The molecule has 30 heavy (non-hydrogen) atoms. The van der Waals surface area contributed by atoms with Gasteiger partial charge in [0.1, 0.15) is 5.75 Å². The van der Waals surface area contributed by atoms with Crippen LogP contribution in [0.5, 0.6) is 5.75 Å². The molecule has 1 heterocycles. The molecule has 0 radical (unpaired) electrons. The number of aromatic amines is 1. The number of aromatic nitrogens is 1. The van der Waals surface area contributed by atoms with Crippen LogP contribution in [0.4, 0.5) is 0 Å². The molecule has 0 saturated heterocycles. The smallest absolute Gasteiger partial charge is 0.257 e. The van der Waals surface area contributed by atoms with Gasteiger partial charge >= 0.3 is 0 Å². The summed E-state index contributed by atoms with van der Waals surface area (Å²) in [5, 5.41) is 4.23. The average molecular weight is 399 g/mol. The lowest BCUT2D eigenvalue weighted by molar-refractivity contribution is -0.123. The average Bonchev–Trinajstić information content (AvgIpc) is 3.17. The van der Waals surface area contributed by atoms with Gasteiger partial charge in [-0.1, -0.05) is 54.6 Å². The van der Waals surface area contributed by atoms with Crippen LogP contribution in [0.1, 0.15) is 28.2 Å². The van der Waals surface area contributed by atoms with Crippen molar-refractivity contribution >= 4 is 16.8 Å². The highest BCUT2D eigenvalue weighted by Crippen LogP contribution is 2.30. The van der Waals surface area contributed by atoms with Gasteiger partial charge in [-0.3, -0.25) is 4.79 Å². The summed E-state index contributed by atoms with van der Waals surface area (Å²) < 4.78 is 5.71. The van der Waals surface area contributed by atoms with Gasteiger partial charge in [-0.05, 0) is 54.3 Å². The second-order valence-electron chi connectivity index (χ2n) is 7.67. The van der Waals surface area contributed by atoms with Gasteiger partial charge in [0.15, 0.2) is 6.61 Å². The van der Waals surface area contributed by atoms with E-state index in [1.807, 2.05) is 62.5 Å². The SMILES string of the molecule is Cc1cc(C)cc(OCC(=O)NC[C@H](c2ccccc2)c2c[nH]c3ccccc23)c1. The first kappa shape index (κ1) is 19.8. The molecular weight excluding hydrogens is 372 g/mol. The predicted molar refractivity (Wildman–Crippen MR) is 121 cm³/mol. The molecule has 4 rings (SSSR count). The van der Waals surface area contributed by atoms with E-state index >= 15 is 0 Å². The van der Waals surface area contributed by atoms with Crippen LogP contribution in [-0.4, -0.2) is 24.0 Å². The van der Waals surface area contributed by atoms with Crippen molar-refractivity contribution in [2.75, 3.05) is 13.2 Å². The summed E-state index contributed by atoms with van der Waals surface area (Å²) in [6, 6.07) is 24.5. The summed E-state index contributed by atoms with van der Waals surface area (Å²) in [7, 11) is 0. The number of hydrogen-bond donors (Lipinski definition) is 2. The van der Waals surface area contributed by atoms with E-state index in [0.29, 0.717) is 6.54 Å². The lowest BCUT2D eigenvalue weighted by atomic mass is 9.91. The van der Waals surface area contributed by atoms with E-state index < -0.39 is 0 Å². The Labute approximate surface area is 176 Å². The van der Waals surface area contributed by atoms with E-state index in [9.17, 15) is 4.79 Å². The number of rotatable bonds is 7. The fourth-order valence-corrected chi connectivity index (χ4v) is 3.91. The molecular formula is C26H26N2O2. The van der Waals surface area contributed by atoms with E-state index in [1.54, 1.807) is 0 Å². The molecule has 1 amide bonds. The van der Waals surface area contributed by atoms with Crippen molar-refractivity contribution in [3.63, 3.8) is 0 Å². The molecule has 0 unspecified atom stereocenters. The Kier molecular flexibility index (Phi) is 5.84. The van der Waals surface area contributed by atoms with E-state index in [0.717, 1.165) is 28.0 Å².